The SMILES string of the molecule is CCc1nc(C)ccc1Oc1c(F)cccc1C(C)N. The fourth-order valence-corrected chi connectivity index (χ4v) is 2.05. The minimum atomic E-state index is -0.414. The predicted octanol–water partition coefficient (Wildman–Crippen LogP) is 3.90. The zero-order valence-corrected chi connectivity index (χ0v) is 12.0. The van der Waals surface area contributed by atoms with E-state index in [0.717, 1.165) is 17.8 Å². The van der Waals surface area contributed by atoms with Crippen molar-refractivity contribution in [2.75, 3.05) is 0 Å². The van der Waals surface area contributed by atoms with Crippen molar-refractivity contribution < 1.29 is 9.13 Å². The average molecular weight is 274 g/mol. The molecule has 0 fully saturated rings. The number of aryl methyl sites for hydroxylation is 2. The topological polar surface area (TPSA) is 48.1 Å². The zero-order chi connectivity index (χ0) is 14.7. The third kappa shape index (κ3) is 2.96. The summed E-state index contributed by atoms with van der Waals surface area (Å²) in [6.45, 7) is 5.71. The van der Waals surface area contributed by atoms with E-state index in [0.29, 0.717) is 11.3 Å². The molecule has 0 spiro atoms. The van der Waals surface area contributed by atoms with Gasteiger partial charge in [0, 0.05) is 17.3 Å². The summed E-state index contributed by atoms with van der Waals surface area (Å²) in [6, 6.07) is 8.14. The second kappa shape index (κ2) is 6.01. The van der Waals surface area contributed by atoms with E-state index in [1.165, 1.54) is 6.07 Å². The van der Waals surface area contributed by atoms with Crippen LogP contribution < -0.4 is 10.5 Å². The molecule has 0 aliphatic rings. The lowest BCUT2D eigenvalue weighted by atomic mass is 10.1. The molecule has 2 N–H and O–H groups in total. The molecule has 1 atom stereocenters. The second-order valence-electron chi connectivity index (χ2n) is 4.80. The Morgan fingerprint density at radius 1 is 1.30 bits per heavy atom. The van der Waals surface area contributed by atoms with E-state index in [-0.39, 0.29) is 11.8 Å². The summed E-state index contributed by atoms with van der Waals surface area (Å²) in [5, 5.41) is 0. The maximum absolute atomic E-state index is 14.0. The van der Waals surface area contributed by atoms with Gasteiger partial charge in [0.25, 0.3) is 0 Å². The lowest BCUT2D eigenvalue weighted by Gasteiger charge is -2.16. The van der Waals surface area contributed by atoms with Crippen LogP contribution in [0.1, 0.15) is 36.8 Å². The lowest BCUT2D eigenvalue weighted by molar-refractivity contribution is 0.426. The Bertz CT molecular complexity index is 611. The standard InChI is InChI=1S/C16H19FN2O/c1-4-14-15(9-8-10(2)19-14)20-16-12(11(3)18)6-5-7-13(16)17/h5-9,11H,4,18H2,1-3H3. The van der Waals surface area contributed by atoms with Crippen molar-refractivity contribution in [2.45, 2.75) is 33.2 Å². The molecule has 1 unspecified atom stereocenters. The van der Waals surface area contributed by atoms with Gasteiger partial charge in [-0.25, -0.2) is 4.39 Å². The normalized spacial score (nSPS) is 12.2. The van der Waals surface area contributed by atoms with Crippen molar-refractivity contribution in [3.05, 3.63) is 53.1 Å². The molecule has 106 valence electrons. The largest absolute Gasteiger partial charge is 0.452 e. The molecule has 0 saturated heterocycles. The number of hydrogen-bond acceptors (Lipinski definition) is 3. The van der Waals surface area contributed by atoms with E-state index in [1.807, 2.05) is 26.0 Å². The van der Waals surface area contributed by atoms with Crippen LogP contribution in [-0.2, 0) is 6.42 Å². The number of hydrogen-bond donors (Lipinski definition) is 1. The molecule has 0 radical (unpaired) electrons. The molecule has 1 heterocycles. The van der Waals surface area contributed by atoms with Gasteiger partial charge in [0.1, 0.15) is 5.75 Å². The molecule has 4 heteroatoms. The first kappa shape index (κ1) is 14.5. The van der Waals surface area contributed by atoms with Crippen LogP contribution in [0.3, 0.4) is 0 Å². The smallest absolute Gasteiger partial charge is 0.167 e. The van der Waals surface area contributed by atoms with Crippen LogP contribution in [0.25, 0.3) is 0 Å². The first-order valence-electron chi connectivity index (χ1n) is 6.71. The summed E-state index contributed by atoms with van der Waals surface area (Å²) in [5.74, 6) is 0.343. The molecule has 2 rings (SSSR count). The van der Waals surface area contributed by atoms with Crippen LogP contribution >= 0.6 is 0 Å². The number of pyridine rings is 1. The summed E-state index contributed by atoms with van der Waals surface area (Å²) >= 11 is 0. The number of para-hydroxylation sites is 1. The van der Waals surface area contributed by atoms with Gasteiger partial charge in [-0.1, -0.05) is 19.1 Å². The van der Waals surface area contributed by atoms with Gasteiger partial charge in [-0.15, -0.1) is 0 Å². The maximum Gasteiger partial charge on any atom is 0.167 e. The van der Waals surface area contributed by atoms with Crippen LogP contribution in [0.2, 0.25) is 0 Å². The van der Waals surface area contributed by atoms with Gasteiger partial charge in [0.05, 0.1) is 5.69 Å². The number of halogens is 1. The van der Waals surface area contributed by atoms with Crippen LogP contribution in [0, 0.1) is 12.7 Å². The molecular formula is C16H19FN2O. The molecule has 20 heavy (non-hydrogen) atoms. The summed E-state index contributed by atoms with van der Waals surface area (Å²) < 4.78 is 19.8. The number of aromatic nitrogens is 1. The Balaban J connectivity index is 2.45. The highest BCUT2D eigenvalue weighted by atomic mass is 19.1. The van der Waals surface area contributed by atoms with E-state index in [9.17, 15) is 4.39 Å². The number of ether oxygens (including phenoxy) is 1. The van der Waals surface area contributed by atoms with Gasteiger partial charge in [0.15, 0.2) is 11.6 Å². The zero-order valence-electron chi connectivity index (χ0n) is 12.0. The molecule has 0 aliphatic heterocycles. The Morgan fingerprint density at radius 3 is 2.70 bits per heavy atom. The first-order chi connectivity index (χ1) is 9.52. The van der Waals surface area contributed by atoms with Crippen LogP contribution in [0.5, 0.6) is 11.5 Å². The molecule has 0 amide bonds. The Kier molecular flexibility index (Phi) is 4.35. The quantitative estimate of drug-likeness (QED) is 0.919. The highest BCUT2D eigenvalue weighted by molar-refractivity contribution is 5.42. The van der Waals surface area contributed by atoms with Gasteiger partial charge in [0.2, 0.25) is 0 Å². The van der Waals surface area contributed by atoms with E-state index in [2.05, 4.69) is 4.98 Å². The van der Waals surface area contributed by atoms with E-state index in [4.69, 9.17) is 10.5 Å². The molecule has 2 aromatic rings. The summed E-state index contributed by atoms with van der Waals surface area (Å²) in [6.07, 6.45) is 0.721. The number of nitrogens with zero attached hydrogens (tertiary/aromatic N) is 1. The maximum atomic E-state index is 14.0. The van der Waals surface area contributed by atoms with Gasteiger partial charge >= 0.3 is 0 Å². The minimum absolute atomic E-state index is 0.183. The van der Waals surface area contributed by atoms with Crippen molar-refractivity contribution in [1.29, 1.82) is 0 Å². The van der Waals surface area contributed by atoms with Crippen molar-refractivity contribution >= 4 is 0 Å². The first-order valence-corrected chi connectivity index (χ1v) is 6.71. The summed E-state index contributed by atoms with van der Waals surface area (Å²) in [4.78, 5) is 4.41. The number of nitrogens with two attached hydrogens (primary N) is 1. The fourth-order valence-electron chi connectivity index (χ4n) is 2.05. The van der Waals surface area contributed by atoms with Crippen molar-refractivity contribution in [3.63, 3.8) is 0 Å². The molecule has 0 aliphatic carbocycles. The summed E-state index contributed by atoms with van der Waals surface area (Å²) in [7, 11) is 0. The lowest BCUT2D eigenvalue weighted by Crippen LogP contribution is -2.08. The van der Waals surface area contributed by atoms with Crippen LogP contribution in [0.15, 0.2) is 30.3 Å². The molecular weight excluding hydrogens is 255 g/mol. The van der Waals surface area contributed by atoms with Gasteiger partial charge < -0.3 is 10.5 Å². The van der Waals surface area contributed by atoms with Gasteiger partial charge in [-0.05, 0) is 38.5 Å². The number of benzene rings is 1. The molecule has 3 nitrogen and oxygen atoms in total. The van der Waals surface area contributed by atoms with E-state index < -0.39 is 5.82 Å². The fraction of sp³-hybridized carbons (Fsp3) is 0.312. The van der Waals surface area contributed by atoms with E-state index >= 15 is 0 Å². The van der Waals surface area contributed by atoms with Crippen molar-refractivity contribution in [1.82, 2.24) is 4.98 Å². The highest BCUT2D eigenvalue weighted by Crippen LogP contribution is 2.32. The van der Waals surface area contributed by atoms with Gasteiger partial charge in [-0.2, -0.15) is 0 Å². The third-order valence-electron chi connectivity index (χ3n) is 3.11. The molecule has 1 aromatic carbocycles. The van der Waals surface area contributed by atoms with Crippen LogP contribution in [-0.4, -0.2) is 4.98 Å². The molecule has 1 aromatic heterocycles. The Labute approximate surface area is 118 Å². The van der Waals surface area contributed by atoms with Crippen LogP contribution in [0.4, 0.5) is 4.39 Å². The highest BCUT2D eigenvalue weighted by Gasteiger charge is 2.15. The van der Waals surface area contributed by atoms with Crippen molar-refractivity contribution in [2.24, 2.45) is 5.73 Å². The van der Waals surface area contributed by atoms with Gasteiger partial charge in [-0.3, -0.25) is 4.98 Å². The monoisotopic (exact) mass is 274 g/mol. The van der Waals surface area contributed by atoms with Crippen molar-refractivity contribution in [3.8, 4) is 11.5 Å². The average Bonchev–Trinajstić information content (AvgIpc) is 2.42. The molecule has 0 saturated carbocycles. The number of rotatable bonds is 4. The molecule has 0 bridgehead atoms. The minimum Gasteiger partial charge on any atom is -0.452 e. The van der Waals surface area contributed by atoms with E-state index in [1.54, 1.807) is 19.1 Å². The Morgan fingerprint density at radius 2 is 2.05 bits per heavy atom. The predicted molar refractivity (Wildman–Crippen MR) is 77.4 cm³/mol. The Hall–Kier alpha value is -1.94. The summed E-state index contributed by atoms with van der Waals surface area (Å²) in [5.41, 5.74) is 8.24. The third-order valence-corrected chi connectivity index (χ3v) is 3.11. The second-order valence-corrected chi connectivity index (χ2v) is 4.80.